The highest BCUT2D eigenvalue weighted by atomic mass is 16.3. The summed E-state index contributed by atoms with van der Waals surface area (Å²) in [6.45, 7) is 2.16. The summed E-state index contributed by atoms with van der Waals surface area (Å²) in [6.07, 6.45) is 0.820. The number of piperidine rings is 1. The Balaban J connectivity index is 2.01. The molecule has 98 valence electrons. The molecule has 4 heteroatoms. The maximum absolute atomic E-state index is 11.2. The lowest BCUT2D eigenvalue weighted by molar-refractivity contribution is -0.119. The first-order chi connectivity index (χ1) is 8.70. The van der Waals surface area contributed by atoms with Crippen LogP contribution in [0.4, 0.5) is 5.69 Å². The second-order valence-corrected chi connectivity index (χ2v) is 4.69. The van der Waals surface area contributed by atoms with Gasteiger partial charge in [0.05, 0.1) is 6.10 Å². The summed E-state index contributed by atoms with van der Waals surface area (Å²) >= 11 is 0. The largest absolute Gasteiger partial charge is 0.387 e. The van der Waals surface area contributed by atoms with Crippen molar-refractivity contribution in [1.29, 1.82) is 0 Å². The summed E-state index contributed by atoms with van der Waals surface area (Å²) in [4.78, 5) is 13.4. The van der Waals surface area contributed by atoms with E-state index in [9.17, 15) is 9.90 Å². The standard InChI is InChI=1S/C14H20N2O2/c1-15-10-14(18)11-2-4-12(5-3-11)16-8-6-13(17)7-9-16/h2-5,14-15,18H,6-10H2,1H3. The first kappa shape index (κ1) is 13.1. The number of carbonyl (C=O) groups excluding carboxylic acids is 1. The normalized spacial score (nSPS) is 17.9. The Morgan fingerprint density at radius 3 is 2.44 bits per heavy atom. The van der Waals surface area contributed by atoms with Crippen LogP contribution < -0.4 is 10.2 Å². The molecule has 1 unspecified atom stereocenters. The number of benzene rings is 1. The second kappa shape index (κ2) is 5.98. The number of aliphatic hydroxyl groups excluding tert-OH is 1. The average molecular weight is 248 g/mol. The molecule has 0 bridgehead atoms. The highest BCUT2D eigenvalue weighted by Gasteiger charge is 2.16. The van der Waals surface area contributed by atoms with Crippen molar-refractivity contribution in [3.63, 3.8) is 0 Å². The van der Waals surface area contributed by atoms with E-state index in [2.05, 4.69) is 10.2 Å². The van der Waals surface area contributed by atoms with Gasteiger partial charge >= 0.3 is 0 Å². The second-order valence-electron chi connectivity index (χ2n) is 4.69. The Hall–Kier alpha value is -1.39. The van der Waals surface area contributed by atoms with Gasteiger partial charge in [-0.3, -0.25) is 4.79 Å². The third-order valence-electron chi connectivity index (χ3n) is 3.36. The fourth-order valence-electron chi connectivity index (χ4n) is 2.23. The van der Waals surface area contributed by atoms with Gasteiger partial charge in [-0.15, -0.1) is 0 Å². The van der Waals surface area contributed by atoms with Gasteiger partial charge in [0.25, 0.3) is 0 Å². The number of likely N-dealkylation sites (N-methyl/N-ethyl adjacent to an activating group) is 1. The highest BCUT2D eigenvalue weighted by Crippen LogP contribution is 2.21. The van der Waals surface area contributed by atoms with E-state index >= 15 is 0 Å². The van der Waals surface area contributed by atoms with E-state index in [0.717, 1.165) is 24.3 Å². The third-order valence-corrected chi connectivity index (χ3v) is 3.36. The SMILES string of the molecule is CNCC(O)c1ccc(N2CCC(=O)CC2)cc1. The van der Waals surface area contributed by atoms with E-state index in [1.165, 1.54) is 0 Å². The van der Waals surface area contributed by atoms with Crippen LogP contribution in [-0.4, -0.2) is 37.6 Å². The van der Waals surface area contributed by atoms with Crippen LogP contribution in [0, 0.1) is 0 Å². The molecule has 0 aromatic heterocycles. The Kier molecular flexibility index (Phi) is 4.33. The molecular formula is C14H20N2O2. The molecule has 1 fully saturated rings. The molecule has 1 aromatic carbocycles. The number of hydrogen-bond acceptors (Lipinski definition) is 4. The van der Waals surface area contributed by atoms with Crippen molar-refractivity contribution in [2.45, 2.75) is 18.9 Å². The monoisotopic (exact) mass is 248 g/mol. The maximum Gasteiger partial charge on any atom is 0.136 e. The molecule has 0 aliphatic carbocycles. The summed E-state index contributed by atoms with van der Waals surface area (Å²) in [7, 11) is 1.82. The molecule has 1 aliphatic heterocycles. The van der Waals surface area contributed by atoms with Crippen LogP contribution >= 0.6 is 0 Å². The number of ketones is 1. The Morgan fingerprint density at radius 1 is 1.28 bits per heavy atom. The quantitative estimate of drug-likeness (QED) is 0.838. The minimum atomic E-state index is -0.466. The molecule has 18 heavy (non-hydrogen) atoms. The zero-order valence-electron chi connectivity index (χ0n) is 10.7. The van der Waals surface area contributed by atoms with E-state index in [0.29, 0.717) is 25.2 Å². The lowest BCUT2D eigenvalue weighted by Crippen LogP contribution is -2.33. The van der Waals surface area contributed by atoms with Gasteiger partial charge < -0.3 is 15.3 Å². The van der Waals surface area contributed by atoms with Crippen LogP contribution in [0.25, 0.3) is 0 Å². The number of nitrogens with zero attached hydrogens (tertiary/aromatic N) is 1. The van der Waals surface area contributed by atoms with Crippen molar-refractivity contribution in [2.75, 3.05) is 31.6 Å². The maximum atomic E-state index is 11.2. The highest BCUT2D eigenvalue weighted by molar-refractivity contribution is 5.81. The zero-order valence-corrected chi connectivity index (χ0v) is 10.7. The molecular weight excluding hydrogens is 228 g/mol. The molecule has 0 amide bonds. The van der Waals surface area contributed by atoms with Gasteiger partial charge in [0, 0.05) is 38.2 Å². The van der Waals surface area contributed by atoms with Gasteiger partial charge in [-0.05, 0) is 24.7 Å². The molecule has 4 nitrogen and oxygen atoms in total. The zero-order chi connectivity index (χ0) is 13.0. The summed E-state index contributed by atoms with van der Waals surface area (Å²) in [5, 5.41) is 12.8. The molecule has 2 rings (SSSR count). The van der Waals surface area contributed by atoms with Crippen molar-refractivity contribution in [1.82, 2.24) is 5.32 Å². The van der Waals surface area contributed by atoms with E-state index in [1.807, 2.05) is 31.3 Å². The molecule has 1 aliphatic rings. The summed E-state index contributed by atoms with van der Waals surface area (Å²) in [5.41, 5.74) is 2.05. The van der Waals surface area contributed by atoms with E-state index in [-0.39, 0.29) is 0 Å². The van der Waals surface area contributed by atoms with Crippen LogP contribution in [-0.2, 0) is 4.79 Å². The molecule has 1 saturated heterocycles. The van der Waals surface area contributed by atoms with Crippen molar-refractivity contribution in [3.8, 4) is 0 Å². The van der Waals surface area contributed by atoms with Crippen LogP contribution in [0.15, 0.2) is 24.3 Å². The number of carbonyl (C=O) groups is 1. The number of Topliss-reactive ketones (excluding diaryl/α,β-unsaturated/α-hetero) is 1. The van der Waals surface area contributed by atoms with Crippen LogP contribution in [0.2, 0.25) is 0 Å². The molecule has 0 radical (unpaired) electrons. The molecule has 0 saturated carbocycles. The summed E-state index contributed by atoms with van der Waals surface area (Å²) in [5.74, 6) is 0.354. The molecule has 1 aromatic rings. The predicted molar refractivity (Wildman–Crippen MR) is 71.8 cm³/mol. The fraction of sp³-hybridized carbons (Fsp3) is 0.500. The van der Waals surface area contributed by atoms with E-state index in [1.54, 1.807) is 0 Å². The average Bonchev–Trinajstić information content (AvgIpc) is 2.40. The predicted octanol–water partition coefficient (Wildman–Crippen LogP) is 1.11. The number of hydrogen-bond donors (Lipinski definition) is 2. The minimum Gasteiger partial charge on any atom is -0.387 e. The minimum absolute atomic E-state index is 0.354. The van der Waals surface area contributed by atoms with Crippen molar-refractivity contribution >= 4 is 11.5 Å². The van der Waals surface area contributed by atoms with Crippen LogP contribution in [0.3, 0.4) is 0 Å². The number of aliphatic hydroxyl groups is 1. The van der Waals surface area contributed by atoms with Gasteiger partial charge in [0.1, 0.15) is 5.78 Å². The number of anilines is 1. The molecule has 2 N–H and O–H groups in total. The fourth-order valence-corrected chi connectivity index (χ4v) is 2.23. The number of nitrogens with one attached hydrogen (secondary N) is 1. The Morgan fingerprint density at radius 2 is 1.89 bits per heavy atom. The molecule has 1 atom stereocenters. The first-order valence-corrected chi connectivity index (χ1v) is 6.40. The number of rotatable bonds is 4. The van der Waals surface area contributed by atoms with Gasteiger partial charge in [-0.2, -0.15) is 0 Å². The Bertz CT molecular complexity index is 393. The van der Waals surface area contributed by atoms with Gasteiger partial charge in [-0.25, -0.2) is 0 Å². The van der Waals surface area contributed by atoms with Crippen LogP contribution in [0.5, 0.6) is 0 Å². The molecule has 0 spiro atoms. The molecule has 1 heterocycles. The van der Waals surface area contributed by atoms with Crippen molar-refractivity contribution in [2.24, 2.45) is 0 Å². The lowest BCUT2D eigenvalue weighted by Gasteiger charge is -2.28. The third kappa shape index (κ3) is 3.09. The van der Waals surface area contributed by atoms with Crippen LogP contribution in [0.1, 0.15) is 24.5 Å². The first-order valence-electron chi connectivity index (χ1n) is 6.40. The summed E-state index contributed by atoms with van der Waals surface area (Å²) in [6, 6.07) is 7.94. The van der Waals surface area contributed by atoms with Crippen molar-refractivity contribution in [3.05, 3.63) is 29.8 Å². The van der Waals surface area contributed by atoms with Gasteiger partial charge in [0.15, 0.2) is 0 Å². The smallest absolute Gasteiger partial charge is 0.136 e. The van der Waals surface area contributed by atoms with E-state index in [4.69, 9.17) is 0 Å². The van der Waals surface area contributed by atoms with E-state index < -0.39 is 6.10 Å². The van der Waals surface area contributed by atoms with Gasteiger partial charge in [-0.1, -0.05) is 12.1 Å². The topological polar surface area (TPSA) is 52.6 Å². The van der Waals surface area contributed by atoms with Crippen molar-refractivity contribution < 1.29 is 9.90 Å². The summed E-state index contributed by atoms with van der Waals surface area (Å²) < 4.78 is 0. The van der Waals surface area contributed by atoms with Gasteiger partial charge in [0.2, 0.25) is 0 Å². The Labute approximate surface area is 108 Å². The lowest BCUT2D eigenvalue weighted by atomic mass is 10.1.